The molecule has 1 aliphatic heterocycles. The monoisotopic (exact) mass is 313 g/mol. The summed E-state index contributed by atoms with van der Waals surface area (Å²) in [5, 5.41) is 10.6. The fourth-order valence-corrected chi connectivity index (χ4v) is 3.78. The number of carbonyl (C=O) groups is 2. The largest absolute Gasteiger partial charge is 0.481 e. The highest BCUT2D eigenvalue weighted by Gasteiger charge is 2.32. The molecule has 7 heteroatoms. The van der Waals surface area contributed by atoms with E-state index in [1.807, 2.05) is 24.4 Å². The second-order valence-electron chi connectivity index (χ2n) is 3.94. The molecule has 2 heterocycles. The lowest BCUT2D eigenvalue weighted by molar-refractivity contribution is -0.137. The number of aryl methyl sites for hydroxylation is 1. The first kappa shape index (κ1) is 14.2. The molecule has 0 atom stereocenters. The number of carbonyl (C=O) groups excluding carboxylic acids is 1. The molecule has 0 bridgehead atoms. The summed E-state index contributed by atoms with van der Waals surface area (Å²) in [5.74, 6) is -1.14. The summed E-state index contributed by atoms with van der Waals surface area (Å²) in [6.45, 7) is 2.11. The highest BCUT2D eigenvalue weighted by molar-refractivity contribution is 8.26. The van der Waals surface area contributed by atoms with Crippen LogP contribution in [-0.2, 0) is 9.59 Å². The molecule has 1 amide bonds. The second kappa shape index (κ2) is 5.85. The first-order valence-corrected chi connectivity index (χ1v) is 7.60. The van der Waals surface area contributed by atoms with Crippen LogP contribution < -0.4 is 0 Å². The number of nitrogens with zero attached hydrogens (tertiary/aromatic N) is 1. The van der Waals surface area contributed by atoms with Crippen molar-refractivity contribution < 1.29 is 14.7 Å². The number of thiophene rings is 1. The molecule has 2 rings (SSSR count). The van der Waals surface area contributed by atoms with E-state index in [0.717, 1.165) is 10.4 Å². The van der Waals surface area contributed by atoms with Crippen molar-refractivity contribution in [1.82, 2.24) is 4.90 Å². The van der Waals surface area contributed by atoms with E-state index < -0.39 is 5.97 Å². The van der Waals surface area contributed by atoms with Gasteiger partial charge in [-0.3, -0.25) is 14.5 Å². The first-order valence-electron chi connectivity index (χ1n) is 5.50. The number of hydrogen-bond acceptors (Lipinski definition) is 5. The Bertz CT molecular complexity index is 577. The maximum Gasteiger partial charge on any atom is 0.305 e. The number of aliphatic carboxylic acids is 1. The third kappa shape index (κ3) is 3.23. The van der Waals surface area contributed by atoms with Gasteiger partial charge in [-0.05, 0) is 30.0 Å². The van der Waals surface area contributed by atoms with Crippen molar-refractivity contribution in [2.45, 2.75) is 13.3 Å². The zero-order valence-corrected chi connectivity index (χ0v) is 12.5. The van der Waals surface area contributed by atoms with Gasteiger partial charge in [-0.2, -0.15) is 0 Å². The summed E-state index contributed by atoms with van der Waals surface area (Å²) in [6, 6.07) is 1.99. The van der Waals surface area contributed by atoms with E-state index in [1.54, 1.807) is 11.3 Å². The topological polar surface area (TPSA) is 57.6 Å². The Morgan fingerprint density at radius 1 is 1.58 bits per heavy atom. The van der Waals surface area contributed by atoms with Crippen molar-refractivity contribution >= 4 is 57.6 Å². The highest BCUT2D eigenvalue weighted by Crippen LogP contribution is 2.34. The lowest BCUT2D eigenvalue weighted by atomic mass is 10.2. The fraction of sp³-hybridized carbons (Fsp3) is 0.250. The normalized spacial score (nSPS) is 17.5. The van der Waals surface area contributed by atoms with E-state index in [-0.39, 0.29) is 18.9 Å². The van der Waals surface area contributed by atoms with Crippen LogP contribution in [0.4, 0.5) is 0 Å². The van der Waals surface area contributed by atoms with Gasteiger partial charge < -0.3 is 5.11 Å². The van der Waals surface area contributed by atoms with Crippen molar-refractivity contribution in [2.75, 3.05) is 6.54 Å². The number of thioether (sulfide) groups is 1. The van der Waals surface area contributed by atoms with Gasteiger partial charge in [-0.1, -0.05) is 24.0 Å². The van der Waals surface area contributed by atoms with E-state index in [4.69, 9.17) is 17.3 Å². The highest BCUT2D eigenvalue weighted by atomic mass is 32.2. The van der Waals surface area contributed by atoms with E-state index >= 15 is 0 Å². The molecule has 1 aliphatic rings. The molecule has 1 fully saturated rings. The standard InChI is InChI=1S/C12H11NO3S3/c1-7-3-5-18-8(7)6-9-11(16)13(12(17)19-9)4-2-10(14)15/h3,5-6H,2,4H2,1H3,(H,14,15)/b9-6-. The van der Waals surface area contributed by atoms with Crippen LogP contribution in [0.1, 0.15) is 16.9 Å². The van der Waals surface area contributed by atoms with Gasteiger partial charge >= 0.3 is 5.97 Å². The molecule has 19 heavy (non-hydrogen) atoms. The van der Waals surface area contributed by atoms with Gasteiger partial charge in [0.1, 0.15) is 4.32 Å². The second-order valence-corrected chi connectivity index (χ2v) is 6.57. The lowest BCUT2D eigenvalue weighted by Gasteiger charge is -2.12. The molecule has 0 radical (unpaired) electrons. The molecule has 0 spiro atoms. The number of rotatable bonds is 4. The SMILES string of the molecule is Cc1ccsc1/C=C1\SC(=S)N(CCC(=O)O)C1=O. The van der Waals surface area contributed by atoms with E-state index in [1.165, 1.54) is 16.7 Å². The summed E-state index contributed by atoms with van der Waals surface area (Å²) in [7, 11) is 0. The lowest BCUT2D eigenvalue weighted by Crippen LogP contribution is -2.30. The van der Waals surface area contributed by atoms with E-state index in [2.05, 4.69) is 0 Å². The minimum absolute atomic E-state index is 0.0995. The molecular formula is C12H11NO3S3. The van der Waals surface area contributed by atoms with Crippen molar-refractivity contribution in [3.05, 3.63) is 26.8 Å². The van der Waals surface area contributed by atoms with Crippen molar-refractivity contribution in [2.24, 2.45) is 0 Å². The van der Waals surface area contributed by atoms with Crippen molar-refractivity contribution in [3.63, 3.8) is 0 Å². The van der Waals surface area contributed by atoms with Gasteiger partial charge in [0.2, 0.25) is 0 Å². The molecule has 1 aromatic rings. The molecule has 0 aliphatic carbocycles. The Morgan fingerprint density at radius 3 is 2.89 bits per heavy atom. The Balaban J connectivity index is 2.16. The maximum absolute atomic E-state index is 12.1. The van der Waals surface area contributed by atoms with Crippen LogP contribution >= 0.6 is 35.3 Å². The number of thiocarbonyl (C=S) groups is 1. The minimum atomic E-state index is -0.938. The van der Waals surface area contributed by atoms with Gasteiger partial charge in [0.25, 0.3) is 5.91 Å². The van der Waals surface area contributed by atoms with Crippen LogP contribution in [0.2, 0.25) is 0 Å². The van der Waals surface area contributed by atoms with Crippen LogP contribution in [-0.4, -0.2) is 32.7 Å². The number of carboxylic acid groups (broad SMARTS) is 1. The Morgan fingerprint density at radius 2 is 2.32 bits per heavy atom. The molecule has 0 saturated carbocycles. The molecular weight excluding hydrogens is 302 g/mol. The number of carboxylic acids is 1. The average Bonchev–Trinajstić information content (AvgIpc) is 2.84. The summed E-state index contributed by atoms with van der Waals surface area (Å²) < 4.78 is 0.423. The summed E-state index contributed by atoms with van der Waals surface area (Å²) in [4.78, 5) is 25.6. The minimum Gasteiger partial charge on any atom is -0.481 e. The molecule has 4 nitrogen and oxygen atoms in total. The van der Waals surface area contributed by atoms with Gasteiger partial charge in [0.15, 0.2) is 0 Å². The first-order chi connectivity index (χ1) is 8.99. The van der Waals surface area contributed by atoms with Crippen LogP contribution in [0.15, 0.2) is 16.4 Å². The molecule has 100 valence electrons. The molecule has 0 aromatic carbocycles. The van der Waals surface area contributed by atoms with Gasteiger partial charge in [-0.25, -0.2) is 0 Å². The molecule has 1 aromatic heterocycles. The third-order valence-electron chi connectivity index (χ3n) is 2.59. The zero-order chi connectivity index (χ0) is 14.0. The fourth-order valence-electron chi connectivity index (χ4n) is 1.55. The molecule has 0 unspecified atom stereocenters. The summed E-state index contributed by atoms with van der Waals surface area (Å²) >= 11 is 7.90. The smallest absolute Gasteiger partial charge is 0.305 e. The predicted octanol–water partition coefficient (Wildman–Crippen LogP) is 2.73. The van der Waals surface area contributed by atoms with Crippen LogP contribution in [0.3, 0.4) is 0 Å². The zero-order valence-electron chi connectivity index (χ0n) is 10.1. The average molecular weight is 313 g/mol. The van der Waals surface area contributed by atoms with Crippen LogP contribution in [0, 0.1) is 6.92 Å². The van der Waals surface area contributed by atoms with Gasteiger partial charge in [-0.15, -0.1) is 11.3 Å². The Hall–Kier alpha value is -1.18. The quantitative estimate of drug-likeness (QED) is 0.684. The number of amides is 1. The molecule has 1 N–H and O–H groups in total. The Kier molecular flexibility index (Phi) is 4.38. The number of hydrogen-bond donors (Lipinski definition) is 1. The Labute approximate surface area is 124 Å². The summed E-state index contributed by atoms with van der Waals surface area (Å²) in [6.07, 6.45) is 1.72. The third-order valence-corrected chi connectivity index (χ3v) is 4.93. The van der Waals surface area contributed by atoms with Crippen molar-refractivity contribution in [3.8, 4) is 0 Å². The van der Waals surface area contributed by atoms with Crippen LogP contribution in [0.5, 0.6) is 0 Å². The van der Waals surface area contributed by atoms with Crippen LogP contribution in [0.25, 0.3) is 6.08 Å². The maximum atomic E-state index is 12.1. The predicted molar refractivity (Wildman–Crippen MR) is 81.2 cm³/mol. The van der Waals surface area contributed by atoms with Gasteiger partial charge in [0, 0.05) is 11.4 Å². The van der Waals surface area contributed by atoms with E-state index in [9.17, 15) is 9.59 Å². The van der Waals surface area contributed by atoms with Crippen molar-refractivity contribution in [1.29, 1.82) is 0 Å². The van der Waals surface area contributed by atoms with Gasteiger partial charge in [0.05, 0.1) is 11.3 Å². The summed E-state index contributed by atoms with van der Waals surface area (Å²) in [5.41, 5.74) is 1.11. The van der Waals surface area contributed by atoms with E-state index in [0.29, 0.717) is 9.23 Å². The molecule has 1 saturated heterocycles.